The molecule has 3 aromatic rings. The van der Waals surface area contributed by atoms with E-state index in [-0.39, 0.29) is 0 Å². The van der Waals surface area contributed by atoms with E-state index < -0.39 is 0 Å². The SMILES string of the molecule is CN1CCN(CCOc2ccc(Nc3nc(-c4ccc(Cl)cc4)cc(N4CCOCC4)n3)cc2)CC1. The first-order chi connectivity index (χ1) is 17.6. The van der Waals surface area contributed by atoms with E-state index in [9.17, 15) is 0 Å². The first-order valence-corrected chi connectivity index (χ1v) is 12.9. The summed E-state index contributed by atoms with van der Waals surface area (Å²) < 4.78 is 11.5. The predicted octanol–water partition coefficient (Wildman–Crippen LogP) is 4.00. The van der Waals surface area contributed by atoms with Gasteiger partial charge < -0.3 is 24.6 Å². The number of likely N-dealkylation sites (N-methyl/N-ethyl adjacent to an activating group) is 1. The zero-order valence-corrected chi connectivity index (χ0v) is 21.5. The number of hydrogen-bond donors (Lipinski definition) is 1. The molecule has 2 saturated heterocycles. The molecule has 36 heavy (non-hydrogen) atoms. The maximum atomic E-state index is 6.10. The highest BCUT2D eigenvalue weighted by Crippen LogP contribution is 2.27. The van der Waals surface area contributed by atoms with Crippen molar-refractivity contribution in [1.29, 1.82) is 0 Å². The minimum atomic E-state index is 0.549. The van der Waals surface area contributed by atoms with Crippen molar-refractivity contribution < 1.29 is 9.47 Å². The Morgan fingerprint density at radius 1 is 0.917 bits per heavy atom. The quantitative estimate of drug-likeness (QED) is 0.490. The predicted molar refractivity (Wildman–Crippen MR) is 145 cm³/mol. The van der Waals surface area contributed by atoms with Gasteiger partial charge in [-0.15, -0.1) is 0 Å². The van der Waals surface area contributed by atoms with Gasteiger partial charge in [0.1, 0.15) is 18.2 Å². The maximum Gasteiger partial charge on any atom is 0.229 e. The molecule has 0 radical (unpaired) electrons. The molecule has 2 aromatic carbocycles. The van der Waals surface area contributed by atoms with Crippen LogP contribution in [0.15, 0.2) is 54.6 Å². The lowest BCUT2D eigenvalue weighted by atomic mass is 10.1. The fourth-order valence-electron chi connectivity index (χ4n) is 4.34. The van der Waals surface area contributed by atoms with E-state index in [0.29, 0.717) is 30.8 Å². The number of piperazine rings is 1. The fourth-order valence-corrected chi connectivity index (χ4v) is 4.47. The number of benzene rings is 2. The van der Waals surface area contributed by atoms with Crippen molar-refractivity contribution in [3.8, 4) is 17.0 Å². The number of halogens is 1. The van der Waals surface area contributed by atoms with Crippen LogP contribution in [0.1, 0.15) is 0 Å². The summed E-state index contributed by atoms with van der Waals surface area (Å²) in [6, 6.07) is 17.7. The normalized spacial score (nSPS) is 17.2. The molecule has 0 atom stereocenters. The zero-order chi connectivity index (χ0) is 24.7. The number of ether oxygens (including phenoxy) is 2. The monoisotopic (exact) mass is 508 g/mol. The van der Waals surface area contributed by atoms with Gasteiger partial charge in [0, 0.05) is 68.2 Å². The van der Waals surface area contributed by atoms with Crippen LogP contribution < -0.4 is 15.0 Å². The molecule has 8 nitrogen and oxygen atoms in total. The summed E-state index contributed by atoms with van der Waals surface area (Å²) in [5, 5.41) is 4.07. The third kappa shape index (κ3) is 6.64. The van der Waals surface area contributed by atoms with E-state index in [4.69, 9.17) is 31.0 Å². The van der Waals surface area contributed by atoms with Gasteiger partial charge in [-0.05, 0) is 43.4 Å². The highest BCUT2D eigenvalue weighted by molar-refractivity contribution is 6.30. The van der Waals surface area contributed by atoms with E-state index in [1.165, 1.54) is 0 Å². The van der Waals surface area contributed by atoms with Crippen LogP contribution in [0.3, 0.4) is 0 Å². The molecule has 9 heteroatoms. The molecule has 3 heterocycles. The number of hydrogen-bond acceptors (Lipinski definition) is 8. The Balaban J connectivity index is 1.26. The van der Waals surface area contributed by atoms with Gasteiger partial charge in [0.15, 0.2) is 0 Å². The van der Waals surface area contributed by atoms with Crippen LogP contribution in [-0.4, -0.2) is 92.4 Å². The van der Waals surface area contributed by atoms with Crippen LogP contribution in [0.4, 0.5) is 17.5 Å². The Labute approximate surface area is 217 Å². The molecular weight excluding hydrogens is 476 g/mol. The lowest BCUT2D eigenvalue weighted by Gasteiger charge is -2.32. The summed E-state index contributed by atoms with van der Waals surface area (Å²) >= 11 is 6.10. The summed E-state index contributed by atoms with van der Waals surface area (Å²) in [4.78, 5) is 16.6. The fraction of sp³-hybridized carbons (Fsp3) is 0.407. The van der Waals surface area contributed by atoms with Crippen molar-refractivity contribution in [2.45, 2.75) is 0 Å². The van der Waals surface area contributed by atoms with Crippen LogP contribution in [0.2, 0.25) is 5.02 Å². The zero-order valence-electron chi connectivity index (χ0n) is 20.7. The standard InChI is InChI=1S/C27H33ClN6O2/c1-32-10-12-33(13-11-32)14-19-36-24-8-6-23(7-9-24)29-27-30-25(21-2-4-22(28)5-3-21)20-26(31-27)34-15-17-35-18-16-34/h2-9,20H,10-19H2,1H3,(H,29,30,31). The molecular formula is C27H33ClN6O2. The Kier molecular flexibility index (Phi) is 8.18. The van der Waals surface area contributed by atoms with Gasteiger partial charge in [0.2, 0.25) is 5.95 Å². The molecule has 1 N–H and O–H groups in total. The van der Waals surface area contributed by atoms with Gasteiger partial charge in [-0.3, -0.25) is 4.90 Å². The molecule has 0 bridgehead atoms. The molecule has 0 amide bonds. The second-order valence-electron chi connectivity index (χ2n) is 9.18. The first kappa shape index (κ1) is 24.8. The number of rotatable bonds is 8. The van der Waals surface area contributed by atoms with Crippen molar-refractivity contribution >= 4 is 29.1 Å². The number of anilines is 3. The largest absolute Gasteiger partial charge is 0.492 e. The smallest absolute Gasteiger partial charge is 0.229 e. The van der Waals surface area contributed by atoms with Crippen LogP contribution in [-0.2, 0) is 4.74 Å². The van der Waals surface area contributed by atoms with Gasteiger partial charge in [0.05, 0.1) is 18.9 Å². The highest BCUT2D eigenvalue weighted by Gasteiger charge is 2.16. The Bertz CT molecular complexity index is 1110. The summed E-state index contributed by atoms with van der Waals surface area (Å²) in [6.45, 7) is 9.07. The summed E-state index contributed by atoms with van der Waals surface area (Å²) in [5.41, 5.74) is 2.74. The molecule has 1 aromatic heterocycles. The lowest BCUT2D eigenvalue weighted by Crippen LogP contribution is -2.45. The van der Waals surface area contributed by atoms with Crippen LogP contribution in [0.5, 0.6) is 5.75 Å². The van der Waals surface area contributed by atoms with Crippen LogP contribution >= 0.6 is 11.6 Å². The molecule has 2 aliphatic heterocycles. The number of nitrogens with zero attached hydrogens (tertiary/aromatic N) is 5. The highest BCUT2D eigenvalue weighted by atomic mass is 35.5. The number of aromatic nitrogens is 2. The Hall–Kier alpha value is -2.91. The first-order valence-electron chi connectivity index (χ1n) is 12.5. The number of nitrogens with one attached hydrogen (secondary N) is 1. The molecule has 2 fully saturated rings. The summed E-state index contributed by atoms with van der Waals surface area (Å²) in [7, 11) is 2.17. The lowest BCUT2D eigenvalue weighted by molar-refractivity contribution is 0.122. The van der Waals surface area contributed by atoms with Crippen LogP contribution in [0.25, 0.3) is 11.3 Å². The topological polar surface area (TPSA) is 66.0 Å². The maximum absolute atomic E-state index is 6.10. The average Bonchev–Trinajstić information content (AvgIpc) is 2.91. The molecule has 0 unspecified atom stereocenters. The average molecular weight is 509 g/mol. The second kappa shape index (κ2) is 11.9. The molecule has 0 spiro atoms. The molecule has 5 rings (SSSR count). The van der Waals surface area contributed by atoms with Gasteiger partial charge in [-0.1, -0.05) is 23.7 Å². The van der Waals surface area contributed by atoms with Crippen molar-refractivity contribution in [2.75, 3.05) is 82.9 Å². The molecule has 2 aliphatic rings. The Morgan fingerprint density at radius 3 is 2.36 bits per heavy atom. The summed E-state index contributed by atoms with van der Waals surface area (Å²) in [6.07, 6.45) is 0. The van der Waals surface area contributed by atoms with E-state index in [0.717, 1.165) is 74.3 Å². The minimum absolute atomic E-state index is 0.549. The van der Waals surface area contributed by atoms with E-state index in [1.807, 2.05) is 54.6 Å². The molecule has 0 saturated carbocycles. The van der Waals surface area contributed by atoms with E-state index in [1.54, 1.807) is 0 Å². The second-order valence-corrected chi connectivity index (χ2v) is 9.62. The van der Waals surface area contributed by atoms with Crippen molar-refractivity contribution in [3.63, 3.8) is 0 Å². The minimum Gasteiger partial charge on any atom is -0.492 e. The third-order valence-corrected chi connectivity index (χ3v) is 6.82. The third-order valence-electron chi connectivity index (χ3n) is 6.57. The van der Waals surface area contributed by atoms with Gasteiger partial charge in [0.25, 0.3) is 0 Å². The Morgan fingerprint density at radius 2 is 1.64 bits per heavy atom. The molecule has 0 aliphatic carbocycles. The van der Waals surface area contributed by atoms with Crippen LogP contribution in [0, 0.1) is 0 Å². The van der Waals surface area contributed by atoms with Gasteiger partial charge >= 0.3 is 0 Å². The van der Waals surface area contributed by atoms with Crippen molar-refractivity contribution in [1.82, 2.24) is 19.8 Å². The molecule has 190 valence electrons. The van der Waals surface area contributed by atoms with Gasteiger partial charge in [-0.2, -0.15) is 4.98 Å². The van der Waals surface area contributed by atoms with Crippen molar-refractivity contribution in [3.05, 3.63) is 59.6 Å². The van der Waals surface area contributed by atoms with Crippen molar-refractivity contribution in [2.24, 2.45) is 0 Å². The van der Waals surface area contributed by atoms with E-state index in [2.05, 4.69) is 27.1 Å². The summed E-state index contributed by atoms with van der Waals surface area (Å²) in [5.74, 6) is 2.29. The van der Waals surface area contributed by atoms with Gasteiger partial charge in [-0.25, -0.2) is 4.98 Å². The van der Waals surface area contributed by atoms with E-state index >= 15 is 0 Å². The number of morpholine rings is 1.